The van der Waals surface area contributed by atoms with Gasteiger partial charge >= 0.3 is 0 Å². The first-order valence-electron chi connectivity index (χ1n) is 7.33. The Kier molecular flexibility index (Phi) is 7.59. The van der Waals surface area contributed by atoms with Gasteiger partial charge in [0.25, 0.3) is 0 Å². The van der Waals surface area contributed by atoms with E-state index in [-0.39, 0.29) is 6.04 Å². The third-order valence-electron chi connectivity index (χ3n) is 3.40. The molecule has 0 saturated heterocycles. The Labute approximate surface area is 123 Å². The Morgan fingerprint density at radius 3 is 2.25 bits per heavy atom. The van der Waals surface area contributed by atoms with Crippen molar-refractivity contribution in [1.82, 2.24) is 9.80 Å². The second-order valence-electron chi connectivity index (χ2n) is 5.48. The first-order chi connectivity index (χ1) is 9.56. The molecule has 114 valence electrons. The van der Waals surface area contributed by atoms with Crippen LogP contribution in [0.5, 0.6) is 5.75 Å². The van der Waals surface area contributed by atoms with Gasteiger partial charge in [0.1, 0.15) is 5.75 Å². The van der Waals surface area contributed by atoms with E-state index in [1.54, 1.807) is 7.11 Å². The number of ether oxygens (including phenoxy) is 1. The molecule has 1 atom stereocenters. The van der Waals surface area contributed by atoms with Gasteiger partial charge in [0.15, 0.2) is 0 Å². The fourth-order valence-electron chi connectivity index (χ4n) is 2.19. The van der Waals surface area contributed by atoms with E-state index in [4.69, 9.17) is 10.5 Å². The third-order valence-corrected chi connectivity index (χ3v) is 3.40. The topological polar surface area (TPSA) is 41.7 Å². The van der Waals surface area contributed by atoms with Gasteiger partial charge in [-0.1, -0.05) is 19.1 Å². The third kappa shape index (κ3) is 5.90. The number of likely N-dealkylation sites (N-methyl/N-ethyl adjacent to an activating group) is 1. The summed E-state index contributed by atoms with van der Waals surface area (Å²) in [5.74, 6) is 0.874. The quantitative estimate of drug-likeness (QED) is 0.750. The first kappa shape index (κ1) is 17.0. The molecule has 1 rings (SSSR count). The molecule has 4 nitrogen and oxygen atoms in total. The number of hydrogen-bond donors (Lipinski definition) is 1. The molecule has 0 spiro atoms. The fraction of sp³-hybridized carbons (Fsp3) is 0.625. The summed E-state index contributed by atoms with van der Waals surface area (Å²) in [6.45, 7) is 6.33. The predicted molar refractivity (Wildman–Crippen MR) is 85.2 cm³/mol. The molecule has 2 N–H and O–H groups in total. The summed E-state index contributed by atoms with van der Waals surface area (Å²) in [4.78, 5) is 4.65. The van der Waals surface area contributed by atoms with Crippen molar-refractivity contribution in [2.45, 2.75) is 19.4 Å². The van der Waals surface area contributed by atoms with Crippen LogP contribution < -0.4 is 10.5 Å². The van der Waals surface area contributed by atoms with Crippen LogP contribution in [-0.4, -0.2) is 57.2 Å². The Balaban J connectivity index is 2.56. The number of nitrogens with two attached hydrogens (primary N) is 1. The Morgan fingerprint density at radius 1 is 1.10 bits per heavy atom. The van der Waals surface area contributed by atoms with Crippen LogP contribution >= 0.6 is 0 Å². The molecule has 1 aromatic rings. The molecule has 0 radical (unpaired) electrons. The zero-order valence-electron chi connectivity index (χ0n) is 13.3. The highest BCUT2D eigenvalue weighted by atomic mass is 16.5. The molecule has 0 aliphatic carbocycles. The van der Waals surface area contributed by atoms with Crippen LogP contribution in [0, 0.1) is 0 Å². The van der Waals surface area contributed by atoms with Crippen LogP contribution in [0.15, 0.2) is 24.3 Å². The summed E-state index contributed by atoms with van der Waals surface area (Å²) in [5, 5.41) is 0. The molecule has 0 bridgehead atoms. The van der Waals surface area contributed by atoms with Crippen molar-refractivity contribution in [3.63, 3.8) is 0 Å². The van der Waals surface area contributed by atoms with Gasteiger partial charge in [0, 0.05) is 25.7 Å². The lowest BCUT2D eigenvalue weighted by Crippen LogP contribution is -2.37. The summed E-state index contributed by atoms with van der Waals surface area (Å²) in [7, 11) is 5.89. The maximum absolute atomic E-state index is 6.33. The predicted octanol–water partition coefficient (Wildman–Crippen LogP) is 1.97. The minimum Gasteiger partial charge on any atom is -0.497 e. The van der Waals surface area contributed by atoms with Crippen molar-refractivity contribution in [3.05, 3.63) is 29.8 Å². The average Bonchev–Trinajstić information content (AvgIpc) is 2.45. The van der Waals surface area contributed by atoms with Gasteiger partial charge in [-0.3, -0.25) is 0 Å². The highest BCUT2D eigenvalue weighted by molar-refractivity contribution is 5.29. The van der Waals surface area contributed by atoms with Crippen molar-refractivity contribution in [2.75, 3.05) is 47.4 Å². The van der Waals surface area contributed by atoms with E-state index in [1.807, 2.05) is 12.1 Å². The number of benzene rings is 1. The van der Waals surface area contributed by atoms with E-state index in [9.17, 15) is 0 Å². The lowest BCUT2D eigenvalue weighted by molar-refractivity contribution is 0.229. The lowest BCUT2D eigenvalue weighted by Gasteiger charge is -2.26. The first-order valence-corrected chi connectivity index (χ1v) is 7.33. The SMILES string of the molecule is CCCN(CCN(C)C)CC(N)c1ccc(OC)cc1. The molecule has 0 aromatic heterocycles. The van der Waals surface area contributed by atoms with Crippen LogP contribution in [-0.2, 0) is 0 Å². The molecule has 1 unspecified atom stereocenters. The highest BCUT2D eigenvalue weighted by Crippen LogP contribution is 2.17. The molecule has 0 fully saturated rings. The second kappa shape index (κ2) is 8.95. The minimum absolute atomic E-state index is 0.0506. The number of rotatable bonds is 9. The van der Waals surface area contributed by atoms with Gasteiger partial charge in [-0.05, 0) is 44.8 Å². The average molecular weight is 279 g/mol. The summed E-state index contributed by atoms with van der Waals surface area (Å²) in [5.41, 5.74) is 7.49. The zero-order valence-corrected chi connectivity index (χ0v) is 13.3. The molecule has 0 heterocycles. The Hall–Kier alpha value is -1.10. The second-order valence-corrected chi connectivity index (χ2v) is 5.48. The van der Waals surface area contributed by atoms with Crippen LogP contribution in [0.1, 0.15) is 24.9 Å². The molecule has 0 amide bonds. The minimum atomic E-state index is 0.0506. The molecule has 0 saturated carbocycles. The largest absolute Gasteiger partial charge is 0.497 e. The molecule has 0 aliphatic heterocycles. The van der Waals surface area contributed by atoms with E-state index < -0.39 is 0 Å². The molecule has 0 aliphatic rings. The van der Waals surface area contributed by atoms with Crippen LogP contribution in [0.2, 0.25) is 0 Å². The number of nitrogens with zero attached hydrogens (tertiary/aromatic N) is 2. The number of methoxy groups -OCH3 is 1. The van der Waals surface area contributed by atoms with Crippen LogP contribution in [0.25, 0.3) is 0 Å². The van der Waals surface area contributed by atoms with Crippen molar-refractivity contribution < 1.29 is 4.74 Å². The van der Waals surface area contributed by atoms with Gasteiger partial charge in [-0.2, -0.15) is 0 Å². The van der Waals surface area contributed by atoms with Gasteiger partial charge in [-0.15, -0.1) is 0 Å². The van der Waals surface area contributed by atoms with Crippen molar-refractivity contribution in [2.24, 2.45) is 5.73 Å². The molecular formula is C16H29N3O. The van der Waals surface area contributed by atoms with Crippen molar-refractivity contribution in [3.8, 4) is 5.75 Å². The summed E-state index contributed by atoms with van der Waals surface area (Å²) in [6, 6.07) is 8.10. The smallest absolute Gasteiger partial charge is 0.118 e. The van der Waals surface area contributed by atoms with Gasteiger partial charge in [0.05, 0.1) is 7.11 Å². The number of hydrogen-bond acceptors (Lipinski definition) is 4. The van der Waals surface area contributed by atoms with E-state index in [2.05, 4.69) is 43.0 Å². The van der Waals surface area contributed by atoms with Crippen molar-refractivity contribution in [1.29, 1.82) is 0 Å². The normalized spacial score (nSPS) is 12.9. The van der Waals surface area contributed by atoms with Gasteiger partial charge in [0.2, 0.25) is 0 Å². The maximum Gasteiger partial charge on any atom is 0.118 e. The molecule has 4 heteroatoms. The van der Waals surface area contributed by atoms with Crippen molar-refractivity contribution >= 4 is 0 Å². The van der Waals surface area contributed by atoms with Gasteiger partial charge in [-0.25, -0.2) is 0 Å². The van der Waals surface area contributed by atoms with E-state index in [0.717, 1.165) is 43.9 Å². The maximum atomic E-state index is 6.33. The van der Waals surface area contributed by atoms with Gasteiger partial charge < -0.3 is 20.3 Å². The summed E-state index contributed by atoms with van der Waals surface area (Å²) in [6.07, 6.45) is 1.16. The Bertz CT molecular complexity index is 364. The highest BCUT2D eigenvalue weighted by Gasteiger charge is 2.12. The fourth-order valence-corrected chi connectivity index (χ4v) is 2.19. The monoisotopic (exact) mass is 279 g/mol. The van der Waals surface area contributed by atoms with Crippen LogP contribution in [0.3, 0.4) is 0 Å². The van der Waals surface area contributed by atoms with E-state index in [1.165, 1.54) is 0 Å². The van der Waals surface area contributed by atoms with E-state index >= 15 is 0 Å². The summed E-state index contributed by atoms with van der Waals surface area (Å²) < 4.78 is 5.18. The zero-order chi connectivity index (χ0) is 15.0. The standard InChI is InChI=1S/C16H29N3O/c1-5-10-19(12-11-18(2)3)13-16(17)14-6-8-15(20-4)9-7-14/h6-9,16H,5,10-13,17H2,1-4H3. The Morgan fingerprint density at radius 2 is 1.75 bits per heavy atom. The summed E-state index contributed by atoms with van der Waals surface area (Å²) >= 11 is 0. The lowest BCUT2D eigenvalue weighted by atomic mass is 10.1. The van der Waals surface area contributed by atoms with Crippen LogP contribution in [0.4, 0.5) is 0 Å². The van der Waals surface area contributed by atoms with E-state index in [0.29, 0.717) is 0 Å². The molecular weight excluding hydrogens is 250 g/mol. The molecule has 20 heavy (non-hydrogen) atoms. The molecule has 1 aromatic carbocycles.